The van der Waals surface area contributed by atoms with Gasteiger partial charge < -0.3 is 10.1 Å². The Balaban J connectivity index is 2.24. The summed E-state index contributed by atoms with van der Waals surface area (Å²) in [6.07, 6.45) is -0.266. The summed E-state index contributed by atoms with van der Waals surface area (Å²) >= 11 is 0. The molecule has 0 aliphatic rings. The summed E-state index contributed by atoms with van der Waals surface area (Å²) in [6.45, 7) is 7.05. The molecule has 148 valence electrons. The zero-order valence-electron chi connectivity index (χ0n) is 16.4. The topological polar surface area (TPSA) is 98.5 Å². The van der Waals surface area contributed by atoms with Crippen LogP contribution in [0.3, 0.4) is 0 Å². The van der Waals surface area contributed by atoms with E-state index in [4.69, 9.17) is 4.74 Å². The van der Waals surface area contributed by atoms with E-state index in [1.165, 1.54) is 18.2 Å². The van der Waals surface area contributed by atoms with Crippen LogP contribution in [-0.2, 0) is 9.53 Å². The molecule has 0 saturated carbocycles. The van der Waals surface area contributed by atoms with E-state index >= 15 is 0 Å². The van der Waals surface area contributed by atoms with Crippen molar-refractivity contribution < 1.29 is 19.2 Å². The Morgan fingerprint density at radius 1 is 1.11 bits per heavy atom. The van der Waals surface area contributed by atoms with Crippen molar-refractivity contribution in [3.8, 4) is 0 Å². The summed E-state index contributed by atoms with van der Waals surface area (Å²) in [5.74, 6) is -0.832. The first-order valence-electron chi connectivity index (χ1n) is 8.99. The molecule has 7 heteroatoms. The van der Waals surface area contributed by atoms with Crippen LogP contribution in [0, 0.1) is 24.0 Å². The number of hydrogen-bond acceptors (Lipinski definition) is 5. The molecule has 2 aromatic rings. The van der Waals surface area contributed by atoms with E-state index in [1.807, 2.05) is 31.2 Å². The molecular formula is C21H24N2O5. The largest absolute Gasteiger partial charge is 0.463 e. The van der Waals surface area contributed by atoms with Crippen molar-refractivity contribution in [3.63, 3.8) is 0 Å². The standard InChI is InChI=1S/C21H24N2O5/c1-13(2)28-20(24)12-18(16-7-5-14(3)6-8-16)22-21(25)17-9-10-19(23(26)27)15(4)11-17/h5-11,13,18H,12H2,1-4H3,(H,22,25). The molecule has 28 heavy (non-hydrogen) atoms. The van der Waals surface area contributed by atoms with Crippen LogP contribution in [0.25, 0.3) is 0 Å². The molecule has 0 bridgehead atoms. The summed E-state index contributed by atoms with van der Waals surface area (Å²) in [4.78, 5) is 35.3. The number of carbonyl (C=O) groups excluding carboxylic acids is 2. The molecule has 1 amide bonds. The molecule has 0 aliphatic carbocycles. The number of ether oxygens (including phenoxy) is 1. The second kappa shape index (κ2) is 9.12. The summed E-state index contributed by atoms with van der Waals surface area (Å²) < 4.78 is 5.21. The minimum Gasteiger partial charge on any atom is -0.463 e. The highest BCUT2D eigenvalue weighted by atomic mass is 16.6. The van der Waals surface area contributed by atoms with Crippen LogP contribution in [-0.4, -0.2) is 22.9 Å². The summed E-state index contributed by atoms with van der Waals surface area (Å²) in [7, 11) is 0. The van der Waals surface area contributed by atoms with Gasteiger partial charge in [0.2, 0.25) is 0 Å². The van der Waals surface area contributed by atoms with E-state index in [1.54, 1.807) is 20.8 Å². The molecule has 2 rings (SSSR count). The molecule has 1 unspecified atom stereocenters. The molecule has 0 heterocycles. The third kappa shape index (κ3) is 5.64. The van der Waals surface area contributed by atoms with Gasteiger partial charge in [0.25, 0.3) is 11.6 Å². The van der Waals surface area contributed by atoms with Gasteiger partial charge in [-0.1, -0.05) is 29.8 Å². The monoisotopic (exact) mass is 384 g/mol. The summed E-state index contributed by atoms with van der Waals surface area (Å²) in [5.41, 5.74) is 2.47. The molecule has 0 saturated heterocycles. The van der Waals surface area contributed by atoms with Crippen LogP contribution < -0.4 is 5.32 Å². The van der Waals surface area contributed by atoms with Gasteiger partial charge in [-0.25, -0.2) is 0 Å². The predicted octanol–water partition coefficient (Wildman–Crippen LogP) is 4.02. The minimum absolute atomic E-state index is 0.0149. The number of nitro groups is 1. The quantitative estimate of drug-likeness (QED) is 0.441. The number of amides is 1. The van der Waals surface area contributed by atoms with Crippen LogP contribution in [0.2, 0.25) is 0 Å². The van der Waals surface area contributed by atoms with Gasteiger partial charge >= 0.3 is 5.97 Å². The zero-order valence-corrected chi connectivity index (χ0v) is 16.4. The number of esters is 1. The average molecular weight is 384 g/mol. The van der Waals surface area contributed by atoms with Crippen molar-refractivity contribution in [1.82, 2.24) is 5.32 Å². The van der Waals surface area contributed by atoms with E-state index in [-0.39, 0.29) is 23.8 Å². The fourth-order valence-corrected chi connectivity index (χ4v) is 2.77. The Bertz CT molecular complexity index is 875. The van der Waals surface area contributed by atoms with Gasteiger partial charge in [-0.15, -0.1) is 0 Å². The Kier molecular flexibility index (Phi) is 6.87. The molecule has 0 aromatic heterocycles. The molecule has 7 nitrogen and oxygen atoms in total. The maximum Gasteiger partial charge on any atom is 0.308 e. The molecule has 0 spiro atoms. The van der Waals surface area contributed by atoms with Gasteiger partial charge in [0.1, 0.15) is 0 Å². The Labute approximate surface area is 163 Å². The number of nitrogens with zero attached hydrogens (tertiary/aromatic N) is 1. The maximum atomic E-state index is 12.7. The lowest BCUT2D eigenvalue weighted by Gasteiger charge is -2.20. The van der Waals surface area contributed by atoms with Crippen molar-refractivity contribution in [3.05, 3.63) is 74.8 Å². The van der Waals surface area contributed by atoms with E-state index in [0.29, 0.717) is 5.56 Å². The van der Waals surface area contributed by atoms with E-state index in [2.05, 4.69) is 5.32 Å². The fraction of sp³-hybridized carbons (Fsp3) is 0.333. The highest BCUT2D eigenvalue weighted by Crippen LogP contribution is 2.22. The highest BCUT2D eigenvalue weighted by Gasteiger charge is 2.22. The number of benzene rings is 2. The smallest absolute Gasteiger partial charge is 0.308 e. The summed E-state index contributed by atoms with van der Waals surface area (Å²) in [6, 6.07) is 11.1. The maximum absolute atomic E-state index is 12.7. The Morgan fingerprint density at radius 2 is 1.75 bits per heavy atom. The van der Waals surface area contributed by atoms with E-state index in [0.717, 1.165) is 11.1 Å². The van der Waals surface area contributed by atoms with Gasteiger partial charge in [0.05, 0.1) is 23.5 Å². The zero-order chi connectivity index (χ0) is 20.8. The van der Waals surface area contributed by atoms with Crippen molar-refractivity contribution in [2.24, 2.45) is 0 Å². The first kappa shape index (κ1) is 21.1. The van der Waals surface area contributed by atoms with Crippen molar-refractivity contribution in [2.45, 2.75) is 46.3 Å². The molecule has 0 fully saturated rings. The van der Waals surface area contributed by atoms with E-state index in [9.17, 15) is 19.7 Å². The van der Waals surface area contributed by atoms with Gasteiger partial charge in [-0.05, 0) is 45.4 Å². The van der Waals surface area contributed by atoms with Crippen LogP contribution in [0.15, 0.2) is 42.5 Å². The van der Waals surface area contributed by atoms with Gasteiger partial charge in [-0.2, -0.15) is 0 Å². The highest BCUT2D eigenvalue weighted by molar-refractivity contribution is 5.95. The molecule has 1 atom stereocenters. The minimum atomic E-state index is -0.574. The number of aryl methyl sites for hydroxylation is 2. The number of rotatable bonds is 7. The molecular weight excluding hydrogens is 360 g/mol. The third-order valence-electron chi connectivity index (χ3n) is 4.18. The Hall–Kier alpha value is -3.22. The number of nitro benzene ring substituents is 1. The van der Waals surface area contributed by atoms with Crippen LogP contribution in [0.4, 0.5) is 5.69 Å². The molecule has 0 radical (unpaired) electrons. The van der Waals surface area contributed by atoms with Crippen LogP contribution >= 0.6 is 0 Å². The van der Waals surface area contributed by atoms with Crippen molar-refractivity contribution in [1.29, 1.82) is 0 Å². The van der Waals surface area contributed by atoms with Crippen LogP contribution in [0.5, 0.6) is 0 Å². The van der Waals surface area contributed by atoms with Gasteiger partial charge in [0, 0.05) is 17.2 Å². The van der Waals surface area contributed by atoms with Crippen molar-refractivity contribution in [2.75, 3.05) is 0 Å². The lowest BCUT2D eigenvalue weighted by molar-refractivity contribution is -0.385. The Morgan fingerprint density at radius 3 is 2.29 bits per heavy atom. The average Bonchev–Trinajstić information content (AvgIpc) is 2.60. The molecule has 0 aliphatic heterocycles. The SMILES string of the molecule is Cc1ccc(C(CC(=O)OC(C)C)NC(=O)c2ccc([N+](=O)[O-])c(C)c2)cc1. The first-order chi connectivity index (χ1) is 13.2. The second-order valence-corrected chi connectivity index (χ2v) is 6.94. The number of nitrogens with one attached hydrogen (secondary N) is 1. The fourth-order valence-electron chi connectivity index (χ4n) is 2.77. The first-order valence-corrected chi connectivity index (χ1v) is 8.99. The number of hydrogen-bond donors (Lipinski definition) is 1. The van der Waals surface area contributed by atoms with Gasteiger partial charge in [0.15, 0.2) is 0 Å². The van der Waals surface area contributed by atoms with E-state index < -0.39 is 22.8 Å². The molecule has 2 aromatic carbocycles. The lowest BCUT2D eigenvalue weighted by Crippen LogP contribution is -2.31. The second-order valence-electron chi connectivity index (χ2n) is 6.94. The molecule has 1 N–H and O–H groups in total. The summed E-state index contributed by atoms with van der Waals surface area (Å²) in [5, 5.41) is 13.8. The third-order valence-corrected chi connectivity index (χ3v) is 4.18. The normalized spacial score (nSPS) is 11.8. The van der Waals surface area contributed by atoms with Crippen molar-refractivity contribution >= 4 is 17.6 Å². The predicted molar refractivity (Wildman–Crippen MR) is 105 cm³/mol. The lowest BCUT2D eigenvalue weighted by atomic mass is 10.0. The van der Waals surface area contributed by atoms with Gasteiger partial charge in [-0.3, -0.25) is 19.7 Å². The number of carbonyl (C=O) groups is 2. The van der Waals surface area contributed by atoms with Crippen LogP contribution in [0.1, 0.15) is 53.4 Å².